The van der Waals surface area contributed by atoms with Gasteiger partial charge in [0.2, 0.25) is 0 Å². The van der Waals surface area contributed by atoms with Crippen molar-refractivity contribution >= 4 is 11.8 Å². The van der Waals surface area contributed by atoms with E-state index in [1.165, 1.54) is 11.3 Å². The summed E-state index contributed by atoms with van der Waals surface area (Å²) < 4.78 is 1.95. The first kappa shape index (κ1) is 19.2. The summed E-state index contributed by atoms with van der Waals surface area (Å²) in [7, 11) is 2.00. The predicted octanol–water partition coefficient (Wildman–Crippen LogP) is 1.76. The molecule has 3 rings (SSSR count). The fourth-order valence-corrected chi connectivity index (χ4v) is 3.57. The van der Waals surface area contributed by atoms with E-state index in [4.69, 9.17) is 4.99 Å². The number of rotatable bonds is 5. The summed E-state index contributed by atoms with van der Waals surface area (Å²) in [5, 5.41) is 7.95. The first-order valence-corrected chi connectivity index (χ1v) is 9.78. The maximum Gasteiger partial charge on any atom is 0.194 e. The number of anilines is 1. The molecule has 1 fully saturated rings. The summed E-state index contributed by atoms with van der Waals surface area (Å²) in [6.07, 6.45) is 2.78. The van der Waals surface area contributed by atoms with Crippen molar-refractivity contribution in [3.05, 3.63) is 41.3 Å². The van der Waals surface area contributed by atoms with E-state index < -0.39 is 0 Å². The largest absolute Gasteiger partial charge is 0.357 e. The van der Waals surface area contributed by atoms with Gasteiger partial charge in [0.05, 0.1) is 5.69 Å². The summed E-state index contributed by atoms with van der Waals surface area (Å²) in [5.74, 6) is 2.07. The monoisotopic (exact) mass is 369 g/mol. The van der Waals surface area contributed by atoms with Crippen molar-refractivity contribution in [1.82, 2.24) is 25.0 Å². The Hall–Kier alpha value is -2.57. The Morgan fingerprint density at radius 1 is 1.19 bits per heavy atom. The number of piperazine rings is 1. The highest BCUT2D eigenvalue weighted by Crippen LogP contribution is 2.14. The number of pyridine rings is 1. The van der Waals surface area contributed by atoms with Crippen molar-refractivity contribution in [2.24, 2.45) is 12.0 Å². The quantitative estimate of drug-likeness (QED) is 0.643. The van der Waals surface area contributed by atoms with E-state index in [1.807, 2.05) is 30.1 Å². The van der Waals surface area contributed by atoms with Crippen LogP contribution in [0, 0.1) is 13.8 Å². The minimum atomic E-state index is 0.774. The van der Waals surface area contributed by atoms with Crippen LogP contribution in [0.25, 0.3) is 0 Å². The molecule has 0 unspecified atom stereocenters. The Labute approximate surface area is 162 Å². The molecule has 1 saturated heterocycles. The number of nitrogens with one attached hydrogen (secondary N) is 1. The second-order valence-corrected chi connectivity index (χ2v) is 6.92. The topological polar surface area (TPSA) is 61.6 Å². The van der Waals surface area contributed by atoms with Crippen LogP contribution in [-0.2, 0) is 13.5 Å². The van der Waals surface area contributed by atoms with Crippen LogP contribution in [0.4, 0.5) is 5.82 Å². The molecule has 0 spiro atoms. The lowest BCUT2D eigenvalue weighted by molar-refractivity contribution is 0.371. The second kappa shape index (κ2) is 8.88. The average molecular weight is 370 g/mol. The Bertz CT molecular complexity index is 758. The zero-order valence-corrected chi connectivity index (χ0v) is 16.9. The third-order valence-electron chi connectivity index (χ3n) is 5.17. The SMILES string of the molecule is CCNC(=NCCc1c(C)nn(C)c1C)N1CCN(c2ccccn2)CC1. The van der Waals surface area contributed by atoms with Crippen LogP contribution in [0.15, 0.2) is 29.4 Å². The van der Waals surface area contributed by atoms with Gasteiger partial charge in [-0.05, 0) is 44.9 Å². The van der Waals surface area contributed by atoms with Gasteiger partial charge in [-0.15, -0.1) is 0 Å². The molecule has 0 bridgehead atoms. The molecular formula is C20H31N7. The maximum atomic E-state index is 4.88. The average Bonchev–Trinajstić information content (AvgIpc) is 2.94. The van der Waals surface area contributed by atoms with Crippen LogP contribution in [-0.4, -0.2) is 64.9 Å². The Balaban J connectivity index is 1.59. The fraction of sp³-hybridized carbons (Fsp3) is 0.550. The highest BCUT2D eigenvalue weighted by molar-refractivity contribution is 5.80. The summed E-state index contributed by atoms with van der Waals surface area (Å²) >= 11 is 0. The Morgan fingerprint density at radius 3 is 2.56 bits per heavy atom. The van der Waals surface area contributed by atoms with E-state index in [-0.39, 0.29) is 0 Å². The standard InChI is InChI=1S/C20H31N7/c1-5-21-20(23-11-9-18-16(2)24-25(4)17(18)3)27-14-12-26(13-15-27)19-8-6-7-10-22-19/h6-8,10H,5,9,11-15H2,1-4H3,(H,21,23). The van der Waals surface area contributed by atoms with E-state index in [0.29, 0.717) is 0 Å². The molecule has 3 heterocycles. The number of hydrogen-bond acceptors (Lipinski definition) is 4. The molecule has 0 atom stereocenters. The van der Waals surface area contributed by atoms with Gasteiger partial charge in [-0.1, -0.05) is 6.07 Å². The molecule has 0 amide bonds. The normalized spacial score (nSPS) is 15.3. The lowest BCUT2D eigenvalue weighted by Gasteiger charge is -2.37. The van der Waals surface area contributed by atoms with Crippen LogP contribution >= 0.6 is 0 Å². The Kier molecular flexibility index (Phi) is 6.32. The first-order chi connectivity index (χ1) is 13.1. The zero-order chi connectivity index (χ0) is 19.2. The zero-order valence-electron chi connectivity index (χ0n) is 16.9. The molecule has 146 valence electrons. The minimum Gasteiger partial charge on any atom is -0.357 e. The van der Waals surface area contributed by atoms with Gasteiger partial charge in [0.25, 0.3) is 0 Å². The molecule has 1 aliphatic rings. The maximum absolute atomic E-state index is 4.88. The number of aliphatic imine (C=N–C) groups is 1. The van der Waals surface area contributed by atoms with Crippen molar-refractivity contribution in [3.63, 3.8) is 0 Å². The van der Waals surface area contributed by atoms with E-state index in [9.17, 15) is 0 Å². The van der Waals surface area contributed by atoms with Crippen molar-refractivity contribution in [1.29, 1.82) is 0 Å². The number of guanidine groups is 1. The van der Waals surface area contributed by atoms with Gasteiger partial charge in [0.15, 0.2) is 5.96 Å². The van der Waals surface area contributed by atoms with Gasteiger partial charge < -0.3 is 15.1 Å². The molecule has 0 aromatic carbocycles. The van der Waals surface area contributed by atoms with Gasteiger partial charge in [0.1, 0.15) is 5.82 Å². The lowest BCUT2D eigenvalue weighted by Crippen LogP contribution is -2.52. The molecule has 0 aliphatic carbocycles. The molecule has 2 aromatic heterocycles. The van der Waals surface area contributed by atoms with Gasteiger partial charge in [-0.2, -0.15) is 5.10 Å². The Morgan fingerprint density at radius 2 is 1.96 bits per heavy atom. The second-order valence-electron chi connectivity index (χ2n) is 6.92. The van der Waals surface area contributed by atoms with Crippen molar-refractivity contribution in [3.8, 4) is 0 Å². The number of nitrogens with zero attached hydrogens (tertiary/aromatic N) is 6. The van der Waals surface area contributed by atoms with Gasteiger partial charge in [-0.3, -0.25) is 9.67 Å². The molecule has 27 heavy (non-hydrogen) atoms. The highest BCUT2D eigenvalue weighted by Gasteiger charge is 2.20. The van der Waals surface area contributed by atoms with Gasteiger partial charge in [0, 0.05) is 58.2 Å². The van der Waals surface area contributed by atoms with E-state index in [1.54, 1.807) is 0 Å². The van der Waals surface area contributed by atoms with Gasteiger partial charge in [-0.25, -0.2) is 4.98 Å². The molecule has 2 aromatic rings. The summed E-state index contributed by atoms with van der Waals surface area (Å²) in [6.45, 7) is 11.8. The van der Waals surface area contributed by atoms with Crippen molar-refractivity contribution in [2.75, 3.05) is 44.2 Å². The summed E-state index contributed by atoms with van der Waals surface area (Å²) in [4.78, 5) is 14.0. The predicted molar refractivity (Wildman–Crippen MR) is 110 cm³/mol. The van der Waals surface area contributed by atoms with Crippen LogP contribution in [0.5, 0.6) is 0 Å². The molecule has 7 nitrogen and oxygen atoms in total. The van der Waals surface area contributed by atoms with Crippen molar-refractivity contribution in [2.45, 2.75) is 27.2 Å². The van der Waals surface area contributed by atoms with E-state index >= 15 is 0 Å². The highest BCUT2D eigenvalue weighted by atomic mass is 15.4. The lowest BCUT2D eigenvalue weighted by atomic mass is 10.1. The minimum absolute atomic E-state index is 0.774. The molecule has 7 heteroatoms. The summed E-state index contributed by atoms with van der Waals surface area (Å²) in [6, 6.07) is 6.08. The van der Waals surface area contributed by atoms with Crippen molar-refractivity contribution < 1.29 is 0 Å². The molecule has 0 saturated carbocycles. The number of aromatic nitrogens is 3. The van der Waals surface area contributed by atoms with Gasteiger partial charge >= 0.3 is 0 Å². The van der Waals surface area contributed by atoms with E-state index in [0.717, 1.165) is 63.2 Å². The molecule has 0 radical (unpaired) electrons. The number of hydrogen-bond donors (Lipinski definition) is 1. The first-order valence-electron chi connectivity index (χ1n) is 9.78. The third kappa shape index (κ3) is 4.59. The number of aryl methyl sites for hydroxylation is 2. The molecular weight excluding hydrogens is 338 g/mol. The van der Waals surface area contributed by atoms with Crippen LogP contribution in [0.1, 0.15) is 23.9 Å². The van der Waals surface area contributed by atoms with E-state index in [2.05, 4.69) is 52.0 Å². The third-order valence-corrected chi connectivity index (χ3v) is 5.17. The van der Waals surface area contributed by atoms with Crippen LogP contribution in [0.2, 0.25) is 0 Å². The van der Waals surface area contributed by atoms with Crippen LogP contribution in [0.3, 0.4) is 0 Å². The summed E-state index contributed by atoms with van der Waals surface area (Å²) in [5.41, 5.74) is 3.66. The van der Waals surface area contributed by atoms with Crippen LogP contribution < -0.4 is 10.2 Å². The molecule has 1 N–H and O–H groups in total. The molecule has 1 aliphatic heterocycles. The fourth-order valence-electron chi connectivity index (χ4n) is 3.57. The smallest absolute Gasteiger partial charge is 0.194 e.